The smallest absolute Gasteiger partial charge is 0.168 e. The molecule has 0 amide bonds. The summed E-state index contributed by atoms with van der Waals surface area (Å²) in [4.78, 5) is 0. The second-order valence-electron chi connectivity index (χ2n) is 9.94. The maximum atomic E-state index is 6.33. The van der Waals surface area contributed by atoms with Gasteiger partial charge in [0.25, 0.3) is 0 Å². The average Bonchev–Trinajstić information content (AvgIpc) is 3.26. The predicted molar refractivity (Wildman–Crippen MR) is 106 cm³/mol. The molecule has 1 spiro atoms. The molecule has 3 saturated carbocycles. The lowest BCUT2D eigenvalue weighted by atomic mass is 9.54. The van der Waals surface area contributed by atoms with Crippen LogP contribution in [0.25, 0.3) is 0 Å². The van der Waals surface area contributed by atoms with Gasteiger partial charge in [-0.05, 0) is 68.6 Å². The van der Waals surface area contributed by atoms with Gasteiger partial charge in [0.1, 0.15) is 0 Å². The van der Waals surface area contributed by atoms with Crippen molar-refractivity contribution in [2.24, 2.45) is 29.1 Å². The molecule has 0 radical (unpaired) electrons. The summed E-state index contributed by atoms with van der Waals surface area (Å²) < 4.78 is 18.4. The number of fused-ring (bicyclic) bond motifs is 5. The molecule has 1 aliphatic heterocycles. The molecular weight excluding hydrogens is 336 g/mol. The van der Waals surface area contributed by atoms with Crippen LogP contribution < -0.4 is 0 Å². The first-order valence-corrected chi connectivity index (χ1v) is 11.4. The van der Waals surface area contributed by atoms with Crippen molar-refractivity contribution in [1.82, 2.24) is 0 Å². The van der Waals surface area contributed by atoms with Gasteiger partial charge in [0.15, 0.2) is 5.79 Å². The van der Waals surface area contributed by atoms with Gasteiger partial charge in [-0.1, -0.05) is 24.6 Å². The van der Waals surface area contributed by atoms with Crippen LogP contribution in [0.4, 0.5) is 0 Å². The van der Waals surface area contributed by atoms with Crippen molar-refractivity contribution in [2.75, 3.05) is 19.8 Å². The fourth-order valence-electron chi connectivity index (χ4n) is 7.41. The number of hydrogen-bond donors (Lipinski definition) is 0. The van der Waals surface area contributed by atoms with E-state index in [1.165, 1.54) is 38.5 Å². The zero-order valence-corrected chi connectivity index (χ0v) is 17.0. The third-order valence-corrected chi connectivity index (χ3v) is 8.72. The Morgan fingerprint density at radius 1 is 1.15 bits per heavy atom. The topological polar surface area (TPSA) is 27.7 Å². The minimum Gasteiger partial charge on any atom is -0.377 e. The first kappa shape index (κ1) is 18.4. The highest BCUT2D eigenvalue weighted by molar-refractivity contribution is 5.25. The van der Waals surface area contributed by atoms with E-state index in [0.29, 0.717) is 11.5 Å². The zero-order chi connectivity index (χ0) is 18.5. The van der Waals surface area contributed by atoms with Gasteiger partial charge < -0.3 is 14.2 Å². The molecule has 1 saturated heterocycles. The maximum Gasteiger partial charge on any atom is 0.168 e. The first-order chi connectivity index (χ1) is 13.2. The lowest BCUT2D eigenvalue weighted by molar-refractivity contribution is -0.196. The summed E-state index contributed by atoms with van der Waals surface area (Å²) in [5, 5.41) is 0. The second kappa shape index (κ2) is 7.00. The summed E-state index contributed by atoms with van der Waals surface area (Å²) in [6.07, 6.45) is 16.0. The number of rotatable bonds is 4. The van der Waals surface area contributed by atoms with Crippen LogP contribution in [0.1, 0.15) is 64.7 Å². The molecule has 0 aromatic carbocycles. The minimum atomic E-state index is -0.227. The van der Waals surface area contributed by atoms with Gasteiger partial charge in [-0.25, -0.2) is 0 Å². The fourth-order valence-corrected chi connectivity index (χ4v) is 7.41. The van der Waals surface area contributed by atoms with E-state index in [-0.39, 0.29) is 5.79 Å². The van der Waals surface area contributed by atoms with E-state index < -0.39 is 0 Å². The lowest BCUT2D eigenvalue weighted by Crippen LogP contribution is -2.47. The van der Waals surface area contributed by atoms with Gasteiger partial charge in [-0.15, -0.1) is 6.58 Å². The van der Waals surface area contributed by atoms with E-state index >= 15 is 0 Å². The first-order valence-electron chi connectivity index (χ1n) is 11.4. The monoisotopic (exact) mass is 372 g/mol. The van der Waals surface area contributed by atoms with Crippen molar-refractivity contribution in [2.45, 2.75) is 76.6 Å². The quantitative estimate of drug-likeness (QED) is 0.497. The summed E-state index contributed by atoms with van der Waals surface area (Å²) in [7, 11) is 0. The molecule has 150 valence electrons. The molecule has 4 aliphatic carbocycles. The Labute approximate surface area is 164 Å². The van der Waals surface area contributed by atoms with Gasteiger partial charge in [-0.3, -0.25) is 0 Å². The molecule has 27 heavy (non-hydrogen) atoms. The molecule has 0 N–H and O–H groups in total. The Morgan fingerprint density at radius 2 is 2.00 bits per heavy atom. The number of allylic oxidation sites excluding steroid dienone is 2. The van der Waals surface area contributed by atoms with E-state index in [1.54, 1.807) is 0 Å². The van der Waals surface area contributed by atoms with Crippen molar-refractivity contribution < 1.29 is 14.2 Å². The molecule has 5 aliphatic rings. The molecule has 3 unspecified atom stereocenters. The summed E-state index contributed by atoms with van der Waals surface area (Å²) >= 11 is 0. The predicted octanol–water partition coefficient (Wildman–Crippen LogP) is 5.26. The van der Waals surface area contributed by atoms with Crippen LogP contribution in [0.15, 0.2) is 24.3 Å². The van der Waals surface area contributed by atoms with Crippen molar-refractivity contribution in [3.8, 4) is 0 Å². The summed E-state index contributed by atoms with van der Waals surface area (Å²) in [5.74, 6) is 2.95. The highest BCUT2D eigenvalue weighted by Crippen LogP contribution is 2.61. The second-order valence-corrected chi connectivity index (χ2v) is 9.94. The van der Waals surface area contributed by atoms with Crippen LogP contribution in [-0.2, 0) is 14.2 Å². The largest absolute Gasteiger partial charge is 0.377 e. The molecular formula is C24H36O3. The van der Waals surface area contributed by atoms with Crippen LogP contribution in [0, 0.1) is 29.1 Å². The lowest BCUT2D eigenvalue weighted by Gasteiger charge is -2.53. The van der Waals surface area contributed by atoms with E-state index in [2.05, 4.69) is 19.6 Å². The Bertz CT molecular complexity index is 605. The molecule has 5 rings (SSSR count). The third kappa shape index (κ3) is 2.96. The van der Waals surface area contributed by atoms with E-state index in [9.17, 15) is 0 Å². The molecule has 3 nitrogen and oxygen atoms in total. The number of ether oxygens (including phenoxy) is 3. The summed E-state index contributed by atoms with van der Waals surface area (Å²) in [5.41, 5.74) is 2.16. The zero-order valence-electron chi connectivity index (χ0n) is 17.0. The Balaban J connectivity index is 1.32. The molecule has 6 atom stereocenters. The maximum absolute atomic E-state index is 6.33. The van der Waals surface area contributed by atoms with Gasteiger partial charge in [0, 0.05) is 18.3 Å². The van der Waals surface area contributed by atoms with Crippen LogP contribution >= 0.6 is 0 Å². The standard InChI is InChI=1S/C24H36O3/c1-3-4-13-25-22-8-7-21-20-6-5-17-16-24(26-14-15-27-24)12-10-18(17)19(20)9-11-23(21,22)2/h3,9,17-18,20-22H,1,4-8,10-16H2,2H3/t17?,18?,20-,21+,22?,23+/m1/s1. The third-order valence-electron chi connectivity index (χ3n) is 8.72. The minimum absolute atomic E-state index is 0.227. The van der Waals surface area contributed by atoms with Gasteiger partial charge in [0.05, 0.1) is 25.9 Å². The van der Waals surface area contributed by atoms with Crippen molar-refractivity contribution in [3.05, 3.63) is 24.3 Å². The molecule has 4 fully saturated rings. The van der Waals surface area contributed by atoms with Crippen molar-refractivity contribution >= 4 is 0 Å². The van der Waals surface area contributed by atoms with Gasteiger partial charge in [0.2, 0.25) is 0 Å². The van der Waals surface area contributed by atoms with E-state index in [0.717, 1.165) is 62.8 Å². The molecule has 0 aromatic heterocycles. The number of hydrogen-bond acceptors (Lipinski definition) is 3. The molecule has 0 aromatic rings. The highest BCUT2D eigenvalue weighted by Gasteiger charge is 2.56. The fraction of sp³-hybridized carbons (Fsp3) is 0.833. The molecule has 0 bridgehead atoms. The summed E-state index contributed by atoms with van der Waals surface area (Å²) in [6.45, 7) is 8.76. The van der Waals surface area contributed by atoms with Crippen molar-refractivity contribution in [3.63, 3.8) is 0 Å². The Morgan fingerprint density at radius 3 is 2.81 bits per heavy atom. The highest BCUT2D eigenvalue weighted by atomic mass is 16.7. The van der Waals surface area contributed by atoms with Crippen LogP contribution in [0.3, 0.4) is 0 Å². The summed E-state index contributed by atoms with van der Waals surface area (Å²) in [6, 6.07) is 0. The molecule has 1 heterocycles. The van der Waals surface area contributed by atoms with Crippen LogP contribution in [0.2, 0.25) is 0 Å². The normalized spacial score (nSPS) is 45.1. The van der Waals surface area contributed by atoms with E-state index in [4.69, 9.17) is 14.2 Å². The Kier molecular flexibility index (Phi) is 4.77. The average molecular weight is 373 g/mol. The SMILES string of the molecule is C=CCCOC1CC[C@H]2[C@@H]3CCC4CC5(CCC4C3=CC[C@]12C)OCCO5. The van der Waals surface area contributed by atoms with Gasteiger partial charge >= 0.3 is 0 Å². The van der Waals surface area contributed by atoms with E-state index in [1.807, 2.05) is 11.6 Å². The van der Waals surface area contributed by atoms with Crippen LogP contribution in [0.5, 0.6) is 0 Å². The van der Waals surface area contributed by atoms with Crippen molar-refractivity contribution in [1.29, 1.82) is 0 Å². The Hall–Kier alpha value is -0.640. The molecule has 3 heteroatoms. The van der Waals surface area contributed by atoms with Crippen LogP contribution in [-0.4, -0.2) is 31.7 Å². The van der Waals surface area contributed by atoms with Gasteiger partial charge in [-0.2, -0.15) is 0 Å².